The second-order valence-corrected chi connectivity index (χ2v) is 7.58. The molecule has 4 heterocycles. The lowest BCUT2D eigenvalue weighted by molar-refractivity contribution is 0.186. The predicted octanol–water partition coefficient (Wildman–Crippen LogP) is 2.96. The molecule has 0 unspecified atom stereocenters. The van der Waals surface area contributed by atoms with Gasteiger partial charge in [0, 0.05) is 62.8 Å². The highest BCUT2D eigenvalue weighted by atomic mass is 19.1. The fourth-order valence-corrected chi connectivity index (χ4v) is 4.08. The van der Waals surface area contributed by atoms with Crippen LogP contribution in [0.5, 0.6) is 0 Å². The standard InChI is InChI=1S/C21H24FN7O/c1-13-10-29-11-15(8-17(22)21(29)24-13)25-20-19-14(12-30-2)7-16(9-18(19)26-27-20)28-5-3-23-4-6-28/h7-11,23H,3-6,12H2,1-2H3,(H2,25,26,27). The van der Waals surface area contributed by atoms with Crippen molar-refractivity contribution in [2.24, 2.45) is 0 Å². The van der Waals surface area contributed by atoms with Gasteiger partial charge in [-0.3, -0.25) is 5.10 Å². The van der Waals surface area contributed by atoms with Crippen LogP contribution in [0.25, 0.3) is 16.6 Å². The number of ether oxygens (including phenoxy) is 1. The van der Waals surface area contributed by atoms with Gasteiger partial charge in [0.05, 0.1) is 23.5 Å². The number of halogens is 1. The molecule has 1 aliphatic rings. The summed E-state index contributed by atoms with van der Waals surface area (Å²) in [5.74, 6) is 0.255. The topological polar surface area (TPSA) is 82.5 Å². The van der Waals surface area contributed by atoms with Crippen molar-refractivity contribution in [3.8, 4) is 0 Å². The second-order valence-electron chi connectivity index (χ2n) is 7.58. The van der Waals surface area contributed by atoms with Crippen molar-refractivity contribution in [3.63, 3.8) is 0 Å². The molecule has 1 aliphatic heterocycles. The van der Waals surface area contributed by atoms with E-state index in [1.807, 2.05) is 13.1 Å². The summed E-state index contributed by atoms with van der Waals surface area (Å²) in [6.07, 6.45) is 3.60. The maximum Gasteiger partial charge on any atom is 0.173 e. The van der Waals surface area contributed by atoms with Crippen LogP contribution in [0.1, 0.15) is 11.3 Å². The Bertz CT molecular complexity index is 1210. The number of pyridine rings is 1. The lowest BCUT2D eigenvalue weighted by atomic mass is 10.1. The third kappa shape index (κ3) is 3.35. The maximum absolute atomic E-state index is 14.5. The average Bonchev–Trinajstić information content (AvgIpc) is 3.32. The molecule has 0 saturated carbocycles. The van der Waals surface area contributed by atoms with Crippen molar-refractivity contribution < 1.29 is 9.13 Å². The van der Waals surface area contributed by atoms with Crippen LogP contribution >= 0.6 is 0 Å². The number of nitrogens with zero attached hydrogens (tertiary/aromatic N) is 4. The fraction of sp³-hybridized carbons (Fsp3) is 0.333. The monoisotopic (exact) mass is 409 g/mol. The Balaban J connectivity index is 1.54. The Hall–Kier alpha value is -3.17. The highest BCUT2D eigenvalue weighted by molar-refractivity contribution is 5.96. The van der Waals surface area contributed by atoms with E-state index in [9.17, 15) is 4.39 Å². The van der Waals surface area contributed by atoms with Gasteiger partial charge < -0.3 is 24.7 Å². The number of aromatic amines is 1. The van der Waals surface area contributed by atoms with E-state index in [1.165, 1.54) is 6.07 Å². The average molecular weight is 409 g/mol. The van der Waals surface area contributed by atoms with Crippen LogP contribution in [0.2, 0.25) is 0 Å². The summed E-state index contributed by atoms with van der Waals surface area (Å²) in [6, 6.07) is 5.70. The summed E-state index contributed by atoms with van der Waals surface area (Å²) in [5.41, 5.74) is 4.76. The van der Waals surface area contributed by atoms with Gasteiger partial charge in [0.15, 0.2) is 17.3 Å². The fourth-order valence-electron chi connectivity index (χ4n) is 4.08. The first-order valence-corrected chi connectivity index (χ1v) is 10.00. The molecule has 0 atom stereocenters. The molecule has 8 nitrogen and oxygen atoms in total. The Morgan fingerprint density at radius 3 is 2.83 bits per heavy atom. The number of hydrogen-bond donors (Lipinski definition) is 3. The van der Waals surface area contributed by atoms with Gasteiger partial charge in [0.1, 0.15) is 0 Å². The number of aromatic nitrogens is 4. The molecular weight excluding hydrogens is 385 g/mol. The summed E-state index contributed by atoms with van der Waals surface area (Å²) in [6.45, 7) is 6.15. The van der Waals surface area contributed by atoms with Gasteiger partial charge in [0.25, 0.3) is 0 Å². The molecule has 5 rings (SSSR count). The number of benzene rings is 1. The minimum absolute atomic E-state index is 0.311. The van der Waals surface area contributed by atoms with Gasteiger partial charge in [-0.15, -0.1) is 0 Å². The molecule has 1 aromatic carbocycles. The van der Waals surface area contributed by atoms with Crippen LogP contribution in [-0.4, -0.2) is 52.9 Å². The highest BCUT2D eigenvalue weighted by Crippen LogP contribution is 2.32. The van der Waals surface area contributed by atoms with Gasteiger partial charge in [-0.2, -0.15) is 5.10 Å². The van der Waals surface area contributed by atoms with Crippen LogP contribution in [-0.2, 0) is 11.3 Å². The number of piperazine rings is 1. The molecule has 3 aromatic heterocycles. The Morgan fingerprint density at radius 2 is 2.03 bits per heavy atom. The summed E-state index contributed by atoms with van der Waals surface area (Å²) in [7, 11) is 1.68. The van der Waals surface area contributed by atoms with E-state index in [4.69, 9.17) is 4.74 Å². The molecule has 0 bridgehead atoms. The van der Waals surface area contributed by atoms with Crippen LogP contribution in [0, 0.1) is 12.7 Å². The second kappa shape index (κ2) is 7.58. The number of imidazole rings is 1. The van der Waals surface area contributed by atoms with E-state index >= 15 is 0 Å². The minimum Gasteiger partial charge on any atom is -0.380 e. The molecule has 4 aromatic rings. The maximum atomic E-state index is 14.5. The summed E-state index contributed by atoms with van der Waals surface area (Å²) >= 11 is 0. The lowest BCUT2D eigenvalue weighted by Gasteiger charge is -2.30. The highest BCUT2D eigenvalue weighted by Gasteiger charge is 2.17. The van der Waals surface area contributed by atoms with E-state index in [0.29, 0.717) is 23.8 Å². The Labute approximate surface area is 173 Å². The van der Waals surface area contributed by atoms with E-state index < -0.39 is 0 Å². The lowest BCUT2D eigenvalue weighted by Crippen LogP contribution is -2.43. The van der Waals surface area contributed by atoms with Crippen LogP contribution in [0.4, 0.5) is 21.6 Å². The molecule has 156 valence electrons. The number of rotatable bonds is 5. The van der Waals surface area contributed by atoms with Crippen LogP contribution < -0.4 is 15.5 Å². The van der Waals surface area contributed by atoms with Crippen LogP contribution in [0.15, 0.2) is 30.6 Å². The normalized spacial score (nSPS) is 14.7. The van der Waals surface area contributed by atoms with E-state index in [-0.39, 0.29) is 5.82 Å². The molecule has 0 amide bonds. The number of aryl methyl sites for hydroxylation is 1. The van der Waals surface area contributed by atoms with Gasteiger partial charge in [-0.25, -0.2) is 9.37 Å². The molecule has 0 spiro atoms. The molecule has 0 aliphatic carbocycles. The largest absolute Gasteiger partial charge is 0.380 e. The number of nitrogens with one attached hydrogen (secondary N) is 3. The number of hydrogen-bond acceptors (Lipinski definition) is 6. The van der Waals surface area contributed by atoms with Crippen molar-refractivity contribution in [3.05, 3.63) is 47.7 Å². The summed E-state index contributed by atoms with van der Waals surface area (Å²) < 4.78 is 21.6. The third-order valence-corrected chi connectivity index (χ3v) is 5.40. The van der Waals surface area contributed by atoms with Gasteiger partial charge in [0.2, 0.25) is 0 Å². The number of fused-ring (bicyclic) bond motifs is 2. The predicted molar refractivity (Wildman–Crippen MR) is 115 cm³/mol. The van der Waals surface area contributed by atoms with Gasteiger partial charge in [-0.1, -0.05) is 0 Å². The molecule has 1 saturated heterocycles. The first-order valence-electron chi connectivity index (χ1n) is 10.00. The van der Waals surface area contributed by atoms with Crippen molar-refractivity contribution in [2.45, 2.75) is 13.5 Å². The van der Waals surface area contributed by atoms with E-state index in [0.717, 1.165) is 54.0 Å². The zero-order valence-corrected chi connectivity index (χ0v) is 17.0. The molecule has 1 fully saturated rings. The van der Waals surface area contributed by atoms with Gasteiger partial charge in [-0.05, 0) is 24.6 Å². The minimum atomic E-state index is -0.383. The first-order chi connectivity index (χ1) is 14.6. The van der Waals surface area contributed by atoms with Crippen molar-refractivity contribution >= 4 is 33.7 Å². The van der Waals surface area contributed by atoms with Crippen molar-refractivity contribution in [2.75, 3.05) is 43.5 Å². The zero-order valence-electron chi connectivity index (χ0n) is 17.0. The smallest absolute Gasteiger partial charge is 0.173 e. The molecular formula is C21H24FN7O. The number of anilines is 3. The molecule has 0 radical (unpaired) electrons. The summed E-state index contributed by atoms with van der Waals surface area (Å²) in [5, 5.41) is 15.2. The summed E-state index contributed by atoms with van der Waals surface area (Å²) in [4.78, 5) is 6.56. The molecule has 30 heavy (non-hydrogen) atoms. The van der Waals surface area contributed by atoms with E-state index in [2.05, 4.69) is 42.8 Å². The quantitative estimate of drug-likeness (QED) is 0.470. The van der Waals surface area contributed by atoms with Crippen molar-refractivity contribution in [1.29, 1.82) is 0 Å². The van der Waals surface area contributed by atoms with Gasteiger partial charge >= 0.3 is 0 Å². The van der Waals surface area contributed by atoms with Crippen molar-refractivity contribution in [1.82, 2.24) is 24.9 Å². The Kier molecular flexibility index (Phi) is 4.76. The van der Waals surface area contributed by atoms with E-state index in [1.54, 1.807) is 17.7 Å². The number of methoxy groups -OCH3 is 1. The number of H-pyrrole nitrogens is 1. The zero-order chi connectivity index (χ0) is 20.7. The first kappa shape index (κ1) is 18.8. The molecule has 9 heteroatoms. The molecule has 3 N–H and O–H groups in total. The van der Waals surface area contributed by atoms with Crippen LogP contribution in [0.3, 0.4) is 0 Å². The SMILES string of the molecule is COCc1cc(N2CCNCC2)cc2[nH]nc(Nc3cc(F)c4nc(C)cn4c3)c12. The third-order valence-electron chi connectivity index (χ3n) is 5.40. The Morgan fingerprint density at radius 1 is 1.20 bits per heavy atom.